The number of aliphatic hydroxyl groups is 3. The zero-order valence-corrected chi connectivity index (χ0v) is 16.2. The molecule has 0 spiro atoms. The van der Waals surface area contributed by atoms with Crippen LogP contribution >= 0.6 is 0 Å². The zero-order valence-electron chi connectivity index (χ0n) is 16.2. The van der Waals surface area contributed by atoms with Crippen molar-refractivity contribution in [2.24, 2.45) is 23.2 Å². The molecule has 3 rings (SSSR count). The van der Waals surface area contributed by atoms with Crippen LogP contribution in [0.15, 0.2) is 22.8 Å². The zero-order chi connectivity index (χ0) is 18.6. The molecule has 3 aliphatic rings. The van der Waals surface area contributed by atoms with Crippen LogP contribution in [0.4, 0.5) is 0 Å². The van der Waals surface area contributed by atoms with Crippen LogP contribution in [0.5, 0.6) is 0 Å². The van der Waals surface area contributed by atoms with Crippen LogP contribution in [0.1, 0.15) is 53.4 Å². The molecule has 0 aromatic rings. The summed E-state index contributed by atoms with van der Waals surface area (Å²) in [5, 5.41) is 32.9. The van der Waals surface area contributed by atoms with Gasteiger partial charge in [0.15, 0.2) is 0 Å². The van der Waals surface area contributed by atoms with Crippen LogP contribution < -0.4 is 0 Å². The second-order valence-electron chi connectivity index (χ2n) is 9.07. The fraction of sp³-hybridized carbons (Fsp3) is 0.810. The molecule has 0 unspecified atom stereocenters. The number of hydrogen-bond acceptors (Lipinski definition) is 4. The van der Waals surface area contributed by atoms with Gasteiger partial charge in [-0.1, -0.05) is 39.3 Å². The molecule has 1 saturated carbocycles. The van der Waals surface area contributed by atoms with Gasteiger partial charge in [0.2, 0.25) is 0 Å². The number of methoxy groups -OCH3 is 1. The van der Waals surface area contributed by atoms with Crippen LogP contribution in [0.2, 0.25) is 0 Å². The normalized spacial score (nSPS) is 46.5. The minimum atomic E-state index is -0.954. The second kappa shape index (κ2) is 6.49. The van der Waals surface area contributed by atoms with Crippen molar-refractivity contribution in [3.63, 3.8) is 0 Å². The predicted molar refractivity (Wildman–Crippen MR) is 98.0 cm³/mol. The lowest BCUT2D eigenvalue weighted by Crippen LogP contribution is -2.38. The highest BCUT2D eigenvalue weighted by atomic mass is 16.5. The molecule has 3 N–H and O–H groups in total. The fourth-order valence-electron chi connectivity index (χ4n) is 5.62. The van der Waals surface area contributed by atoms with E-state index in [1.807, 2.05) is 0 Å². The molecular weight excluding hydrogens is 316 g/mol. The lowest BCUT2D eigenvalue weighted by atomic mass is 9.69. The minimum absolute atomic E-state index is 0.0836. The first-order chi connectivity index (χ1) is 11.6. The average Bonchev–Trinajstić information content (AvgIpc) is 2.93. The van der Waals surface area contributed by atoms with E-state index >= 15 is 0 Å². The highest BCUT2D eigenvalue weighted by Crippen LogP contribution is 2.55. The van der Waals surface area contributed by atoms with E-state index in [-0.39, 0.29) is 29.8 Å². The first kappa shape index (κ1) is 19.1. The molecule has 0 aliphatic heterocycles. The van der Waals surface area contributed by atoms with Crippen LogP contribution in [-0.2, 0) is 4.74 Å². The van der Waals surface area contributed by atoms with Gasteiger partial charge in [-0.3, -0.25) is 0 Å². The lowest BCUT2D eigenvalue weighted by molar-refractivity contribution is -0.00126. The Hall–Kier alpha value is -0.680. The SMILES string of the molecule is COC[C@@]1(O)CC[C@@H]2/C1=C\[C@@]1(C)C[C@H](O)C(C(C)C)=C1C[C@H](O)[C@@H]2C. The summed E-state index contributed by atoms with van der Waals surface area (Å²) in [6.07, 6.45) is 4.10. The molecule has 0 aromatic carbocycles. The molecule has 4 heteroatoms. The van der Waals surface area contributed by atoms with Crippen molar-refractivity contribution in [1.82, 2.24) is 0 Å². The lowest BCUT2D eigenvalue weighted by Gasteiger charge is -2.38. The van der Waals surface area contributed by atoms with E-state index in [1.54, 1.807) is 7.11 Å². The maximum Gasteiger partial charge on any atom is 0.109 e. The number of ether oxygens (including phenoxy) is 1. The Balaban J connectivity index is 2.16. The summed E-state index contributed by atoms with van der Waals surface area (Å²) < 4.78 is 5.32. The van der Waals surface area contributed by atoms with Gasteiger partial charge in [0.05, 0.1) is 18.8 Å². The number of allylic oxidation sites excluding steroid dienone is 1. The van der Waals surface area contributed by atoms with Gasteiger partial charge < -0.3 is 20.1 Å². The average molecular weight is 350 g/mol. The third kappa shape index (κ3) is 3.01. The molecule has 1 fully saturated rings. The van der Waals surface area contributed by atoms with Crippen molar-refractivity contribution in [2.75, 3.05) is 13.7 Å². The standard InChI is InChI=1S/C21H34O4/c1-12(2)19-15-8-17(22)13(3)14-6-7-21(24,11-25-5)16(14)9-20(15,4)10-18(19)23/h9,12-14,17-18,22-24H,6-8,10-11H2,1-5H3/b16-9+/t13-,14+,17+,18+,20+,21+/m1/s1. The molecule has 3 aliphatic carbocycles. The van der Waals surface area contributed by atoms with Crippen molar-refractivity contribution >= 4 is 0 Å². The monoisotopic (exact) mass is 350 g/mol. The van der Waals surface area contributed by atoms with Crippen molar-refractivity contribution in [1.29, 1.82) is 0 Å². The van der Waals surface area contributed by atoms with Crippen LogP contribution in [0, 0.1) is 23.2 Å². The Morgan fingerprint density at radius 1 is 1.32 bits per heavy atom. The van der Waals surface area contributed by atoms with E-state index in [0.29, 0.717) is 19.3 Å². The summed E-state index contributed by atoms with van der Waals surface area (Å²) >= 11 is 0. The van der Waals surface area contributed by atoms with Gasteiger partial charge in [0, 0.05) is 12.5 Å². The number of fused-ring (bicyclic) bond motifs is 2. The van der Waals surface area contributed by atoms with Crippen LogP contribution in [-0.4, -0.2) is 46.8 Å². The number of rotatable bonds is 3. The molecule has 4 nitrogen and oxygen atoms in total. The van der Waals surface area contributed by atoms with Gasteiger partial charge in [-0.25, -0.2) is 0 Å². The van der Waals surface area contributed by atoms with E-state index < -0.39 is 17.8 Å². The van der Waals surface area contributed by atoms with Crippen LogP contribution in [0.3, 0.4) is 0 Å². The molecular formula is C21H34O4. The fourth-order valence-corrected chi connectivity index (χ4v) is 5.62. The van der Waals surface area contributed by atoms with Gasteiger partial charge in [-0.05, 0) is 54.6 Å². The first-order valence-electron chi connectivity index (χ1n) is 9.67. The first-order valence-corrected chi connectivity index (χ1v) is 9.67. The maximum absolute atomic E-state index is 11.2. The Labute approximate surface area is 151 Å². The number of aliphatic hydroxyl groups excluding tert-OH is 2. The second-order valence-corrected chi connectivity index (χ2v) is 9.07. The Morgan fingerprint density at radius 2 is 2.00 bits per heavy atom. The number of hydrogen-bond donors (Lipinski definition) is 3. The van der Waals surface area contributed by atoms with Gasteiger partial charge in [-0.15, -0.1) is 0 Å². The molecule has 6 atom stereocenters. The summed E-state index contributed by atoms with van der Waals surface area (Å²) in [6, 6.07) is 0. The van der Waals surface area contributed by atoms with Gasteiger partial charge >= 0.3 is 0 Å². The smallest absolute Gasteiger partial charge is 0.109 e. The Morgan fingerprint density at radius 3 is 2.60 bits per heavy atom. The van der Waals surface area contributed by atoms with Crippen molar-refractivity contribution in [2.45, 2.75) is 71.2 Å². The topological polar surface area (TPSA) is 69.9 Å². The third-order valence-electron chi connectivity index (χ3n) is 6.95. The molecule has 0 saturated heterocycles. The van der Waals surface area contributed by atoms with Gasteiger partial charge in [-0.2, -0.15) is 0 Å². The summed E-state index contributed by atoms with van der Waals surface area (Å²) in [5.41, 5.74) is 2.01. The van der Waals surface area contributed by atoms with Crippen molar-refractivity contribution < 1.29 is 20.1 Å². The van der Waals surface area contributed by atoms with E-state index in [4.69, 9.17) is 4.74 Å². The Kier molecular flexibility index (Phi) is 4.95. The predicted octanol–water partition coefficient (Wildman–Crippen LogP) is 2.82. The maximum atomic E-state index is 11.2. The molecule has 0 amide bonds. The molecule has 0 aromatic heterocycles. The van der Waals surface area contributed by atoms with Gasteiger partial charge in [0.25, 0.3) is 0 Å². The quantitative estimate of drug-likeness (QED) is 0.685. The summed E-state index contributed by atoms with van der Waals surface area (Å²) in [5.74, 6) is 0.512. The summed E-state index contributed by atoms with van der Waals surface area (Å²) in [7, 11) is 1.62. The van der Waals surface area contributed by atoms with Gasteiger partial charge in [0.1, 0.15) is 5.60 Å². The molecule has 142 valence electrons. The molecule has 25 heavy (non-hydrogen) atoms. The highest BCUT2D eigenvalue weighted by Gasteiger charge is 2.51. The van der Waals surface area contributed by atoms with Crippen molar-refractivity contribution in [3.8, 4) is 0 Å². The molecule has 0 heterocycles. The summed E-state index contributed by atoms with van der Waals surface area (Å²) in [4.78, 5) is 0. The highest BCUT2D eigenvalue weighted by molar-refractivity contribution is 5.42. The Bertz CT molecular complexity index is 593. The molecule has 0 bridgehead atoms. The van der Waals surface area contributed by atoms with Crippen molar-refractivity contribution in [3.05, 3.63) is 22.8 Å². The van der Waals surface area contributed by atoms with E-state index in [1.165, 1.54) is 5.57 Å². The summed E-state index contributed by atoms with van der Waals surface area (Å²) in [6.45, 7) is 8.74. The third-order valence-corrected chi connectivity index (χ3v) is 6.95. The molecule has 0 radical (unpaired) electrons. The van der Waals surface area contributed by atoms with Crippen LogP contribution in [0.25, 0.3) is 0 Å². The largest absolute Gasteiger partial charge is 0.392 e. The minimum Gasteiger partial charge on any atom is -0.392 e. The van der Waals surface area contributed by atoms with E-state index in [0.717, 1.165) is 17.6 Å². The van der Waals surface area contributed by atoms with E-state index in [2.05, 4.69) is 33.8 Å². The van der Waals surface area contributed by atoms with E-state index in [9.17, 15) is 15.3 Å².